The second-order valence-corrected chi connectivity index (χ2v) is 13.5. The summed E-state index contributed by atoms with van der Waals surface area (Å²) in [7, 11) is 8.92. The van der Waals surface area contributed by atoms with Crippen molar-refractivity contribution in [1.82, 2.24) is 9.56 Å². The topological polar surface area (TPSA) is 43.4 Å². The molecule has 0 spiro atoms. The summed E-state index contributed by atoms with van der Waals surface area (Å²) in [6.07, 6.45) is 0. The predicted molar refractivity (Wildman–Crippen MR) is 176 cm³/mol. The van der Waals surface area contributed by atoms with E-state index in [0.717, 1.165) is 44.2 Å². The van der Waals surface area contributed by atoms with Gasteiger partial charge >= 0.3 is 21.1 Å². The number of hydrogen-bond acceptors (Lipinski definition) is 6. The molecule has 0 heterocycles. The van der Waals surface area contributed by atoms with E-state index in [2.05, 4.69) is 72.2 Å². The van der Waals surface area contributed by atoms with Crippen LogP contribution < -0.4 is 65.0 Å². The third kappa shape index (κ3) is 10.4. The second-order valence-electron chi connectivity index (χ2n) is 8.39. The Morgan fingerprint density at radius 3 is 0.841 bits per heavy atom. The molecule has 0 unspecified atom stereocenters. The Balaban J connectivity index is 0.00000296. The average Bonchev–Trinajstić information content (AvgIpc) is 3.02. The molecule has 0 radical (unpaired) electrons. The number of ether oxygens (including phenoxy) is 4. The van der Waals surface area contributed by atoms with Crippen LogP contribution in [0.15, 0.2) is 97.1 Å². The van der Waals surface area contributed by atoms with E-state index >= 15 is 0 Å². The standard InChI is InChI=1S/C30H34N2O4P2.CH2Cl2.2ClH.Pt/c1-31(37(27-19-11-7-15-23(27)33-3)28-20-12-8-16-24(28)34-4)32(2)38(29-21-13-9-17-25(29)35-5)30-22-14-10-18-26(30)36-6;2-1-3;;;/h7-22H,1-6H3;1H2;2*1H;/q;;;;+2/p-2. The SMILES string of the molecule is COc1ccccc1P(c1ccccc1OC)N(C)N(C)P(c1ccccc1OC)c1ccccc1OC.ClCCl.[Cl-].[Cl-].[Pt+2]. The van der Waals surface area contributed by atoms with Crippen LogP contribution >= 0.6 is 39.3 Å². The van der Waals surface area contributed by atoms with Gasteiger partial charge in [0.15, 0.2) is 0 Å². The van der Waals surface area contributed by atoms with E-state index in [1.165, 1.54) is 0 Å². The van der Waals surface area contributed by atoms with Crippen molar-refractivity contribution in [3.05, 3.63) is 97.1 Å². The summed E-state index contributed by atoms with van der Waals surface area (Å²) in [6, 6.07) is 32.8. The molecule has 0 aliphatic heterocycles. The molecule has 44 heavy (non-hydrogen) atoms. The van der Waals surface area contributed by atoms with Gasteiger partial charge in [0.05, 0.1) is 49.9 Å². The maximum atomic E-state index is 5.85. The number of methoxy groups -OCH3 is 4. The third-order valence-corrected chi connectivity index (χ3v) is 11.4. The van der Waals surface area contributed by atoms with Gasteiger partial charge in [0.2, 0.25) is 0 Å². The molecular formula is C31H36Cl4N2O4P2Pt. The van der Waals surface area contributed by atoms with Crippen LogP contribution in [0.3, 0.4) is 0 Å². The number of halogens is 4. The number of benzene rings is 4. The average molecular weight is 899 g/mol. The molecule has 6 nitrogen and oxygen atoms in total. The minimum atomic E-state index is -1.10. The number of hydrogen-bond donors (Lipinski definition) is 0. The van der Waals surface area contributed by atoms with Crippen LogP contribution in [-0.4, -0.2) is 57.4 Å². The van der Waals surface area contributed by atoms with Crippen molar-refractivity contribution in [1.29, 1.82) is 0 Å². The monoisotopic (exact) mass is 897 g/mol. The van der Waals surface area contributed by atoms with Gasteiger partial charge in [-0.15, -0.1) is 23.2 Å². The molecule has 0 amide bonds. The van der Waals surface area contributed by atoms with Crippen molar-refractivity contribution in [2.75, 3.05) is 47.9 Å². The van der Waals surface area contributed by atoms with E-state index in [-0.39, 0.29) is 51.2 Å². The summed E-state index contributed by atoms with van der Waals surface area (Å²) in [4.78, 5) is 0. The van der Waals surface area contributed by atoms with Crippen LogP contribution in [0.4, 0.5) is 0 Å². The Morgan fingerprint density at radius 2 is 0.659 bits per heavy atom. The third-order valence-electron chi connectivity index (χ3n) is 6.25. The molecule has 13 heteroatoms. The normalized spacial score (nSPS) is 10.2. The summed E-state index contributed by atoms with van der Waals surface area (Å²) in [6.45, 7) is 0. The minimum Gasteiger partial charge on any atom is -1.00 e. The molecular weight excluding hydrogens is 863 g/mol. The summed E-state index contributed by atoms with van der Waals surface area (Å²) < 4.78 is 28.0. The van der Waals surface area contributed by atoms with Crippen molar-refractivity contribution >= 4 is 60.6 Å². The first-order valence-corrected chi connectivity index (χ1v) is 16.3. The predicted octanol–water partition coefficient (Wildman–Crippen LogP) is 0.322. The van der Waals surface area contributed by atoms with Crippen molar-refractivity contribution in [3.8, 4) is 23.0 Å². The van der Waals surface area contributed by atoms with Crippen molar-refractivity contribution in [2.24, 2.45) is 0 Å². The summed E-state index contributed by atoms with van der Waals surface area (Å²) in [5.41, 5.74) is 0. The zero-order chi connectivity index (χ0) is 29.8. The van der Waals surface area contributed by atoms with E-state index in [9.17, 15) is 0 Å². The fraction of sp³-hybridized carbons (Fsp3) is 0.226. The summed E-state index contributed by atoms with van der Waals surface area (Å²) >= 11 is 9.53. The molecule has 0 aliphatic carbocycles. The van der Waals surface area contributed by atoms with Crippen LogP contribution in [0.25, 0.3) is 0 Å². The first kappa shape index (κ1) is 42.7. The number of hydrazine groups is 1. The maximum absolute atomic E-state index is 5.85. The van der Waals surface area contributed by atoms with Crippen molar-refractivity contribution < 1.29 is 64.8 Å². The molecule has 0 saturated heterocycles. The fourth-order valence-corrected chi connectivity index (χ4v) is 9.53. The number of alkyl halides is 2. The van der Waals surface area contributed by atoms with Gasteiger partial charge < -0.3 is 43.8 Å². The van der Waals surface area contributed by atoms with E-state index in [0.29, 0.717) is 0 Å². The van der Waals surface area contributed by atoms with Gasteiger partial charge in [-0.05, 0) is 48.5 Å². The van der Waals surface area contributed by atoms with Gasteiger partial charge in [0.25, 0.3) is 0 Å². The molecule has 0 aliphatic rings. The molecule has 4 aromatic carbocycles. The molecule has 0 aromatic heterocycles. The molecule has 0 fully saturated rings. The van der Waals surface area contributed by atoms with Crippen LogP contribution in [0, 0.1) is 0 Å². The molecule has 0 saturated carbocycles. The van der Waals surface area contributed by atoms with Gasteiger partial charge in [0.1, 0.15) is 23.0 Å². The van der Waals surface area contributed by atoms with Gasteiger partial charge in [-0.2, -0.15) is 0 Å². The van der Waals surface area contributed by atoms with Crippen LogP contribution in [0.5, 0.6) is 23.0 Å². The maximum Gasteiger partial charge on any atom is 2.00 e. The first-order valence-electron chi connectivity index (χ1n) is 12.7. The van der Waals surface area contributed by atoms with Crippen molar-refractivity contribution in [2.45, 2.75) is 0 Å². The summed E-state index contributed by atoms with van der Waals surface area (Å²) in [5.74, 6) is 3.35. The molecule has 4 aromatic rings. The van der Waals surface area contributed by atoms with Crippen LogP contribution in [0.2, 0.25) is 0 Å². The van der Waals surface area contributed by atoms with Crippen LogP contribution in [-0.2, 0) is 21.1 Å². The Bertz CT molecular complexity index is 1200. The number of nitrogens with zero attached hydrogens (tertiary/aromatic N) is 2. The Morgan fingerprint density at radius 1 is 0.477 bits per heavy atom. The minimum absolute atomic E-state index is 0. The Labute approximate surface area is 301 Å². The zero-order valence-electron chi connectivity index (χ0n) is 25.2. The first-order chi connectivity index (χ1) is 20.0. The van der Waals surface area contributed by atoms with Crippen LogP contribution in [0.1, 0.15) is 0 Å². The van der Waals surface area contributed by atoms with Gasteiger partial charge in [-0.3, -0.25) is 0 Å². The van der Waals surface area contributed by atoms with E-state index in [4.69, 9.17) is 42.1 Å². The molecule has 0 atom stereocenters. The number of para-hydroxylation sites is 4. The van der Waals surface area contributed by atoms with E-state index in [1.54, 1.807) is 28.4 Å². The van der Waals surface area contributed by atoms with Gasteiger partial charge in [-0.25, -0.2) is 9.56 Å². The second kappa shape index (κ2) is 22.3. The van der Waals surface area contributed by atoms with Crippen molar-refractivity contribution in [3.63, 3.8) is 0 Å². The zero-order valence-corrected chi connectivity index (χ0v) is 32.3. The van der Waals surface area contributed by atoms with Gasteiger partial charge in [0, 0.05) is 35.3 Å². The smallest absolute Gasteiger partial charge is 1.00 e. The van der Waals surface area contributed by atoms with E-state index in [1.807, 2.05) is 48.5 Å². The largest absolute Gasteiger partial charge is 2.00 e. The van der Waals surface area contributed by atoms with Gasteiger partial charge in [-0.1, -0.05) is 48.5 Å². The Kier molecular flexibility index (Phi) is 21.6. The molecule has 4 rings (SSSR count). The molecule has 0 N–H and O–H groups in total. The fourth-order valence-electron chi connectivity index (χ4n) is 4.36. The van der Waals surface area contributed by atoms with E-state index < -0.39 is 16.1 Å². The summed E-state index contributed by atoms with van der Waals surface area (Å²) in [5, 5.41) is 4.58. The molecule has 242 valence electrons. The Hall–Kier alpha value is -1.29. The quantitative estimate of drug-likeness (QED) is 0.123. The molecule has 0 bridgehead atoms. The number of rotatable bonds is 11.